The predicted molar refractivity (Wildman–Crippen MR) is 51.0 cm³/mol. The molecule has 0 radical (unpaired) electrons. The van der Waals surface area contributed by atoms with E-state index in [1.165, 1.54) is 0 Å². The van der Waals surface area contributed by atoms with Gasteiger partial charge in [-0.1, -0.05) is 0 Å². The van der Waals surface area contributed by atoms with Gasteiger partial charge in [0.1, 0.15) is 6.04 Å². The molecule has 2 heterocycles. The molecule has 84 valence electrons. The van der Waals surface area contributed by atoms with Crippen molar-refractivity contribution < 1.29 is 19.5 Å². The summed E-state index contributed by atoms with van der Waals surface area (Å²) in [6.07, 6.45) is 2.53. The van der Waals surface area contributed by atoms with Crippen LogP contribution in [0.25, 0.3) is 0 Å². The van der Waals surface area contributed by atoms with Crippen LogP contribution in [0, 0.1) is 0 Å². The monoisotopic (exact) mass is 214 g/mol. The van der Waals surface area contributed by atoms with Gasteiger partial charge in [-0.2, -0.15) is 0 Å². The Bertz CT molecular complexity index is 269. The number of carboxylic acids is 1. The van der Waals surface area contributed by atoms with Gasteiger partial charge < -0.3 is 15.7 Å². The summed E-state index contributed by atoms with van der Waals surface area (Å²) in [4.78, 5) is 30.6. The van der Waals surface area contributed by atoms with E-state index in [0.717, 1.165) is 19.4 Å². The minimum Gasteiger partial charge on any atom is -0.480 e. The van der Waals surface area contributed by atoms with Crippen molar-refractivity contribution in [1.29, 1.82) is 0 Å². The SMILES string of the molecule is O=C1CCCN1.O=C1CC[C@@H](C(=O)O)N1. The van der Waals surface area contributed by atoms with Gasteiger partial charge in [-0.15, -0.1) is 0 Å². The first-order valence-corrected chi connectivity index (χ1v) is 4.88. The summed E-state index contributed by atoms with van der Waals surface area (Å²) in [6, 6.07) is -0.641. The fourth-order valence-corrected chi connectivity index (χ4v) is 1.36. The summed E-state index contributed by atoms with van der Waals surface area (Å²) in [6.45, 7) is 0.888. The van der Waals surface area contributed by atoms with Crippen molar-refractivity contribution in [2.24, 2.45) is 0 Å². The van der Waals surface area contributed by atoms with Gasteiger partial charge in [-0.3, -0.25) is 9.59 Å². The Hall–Kier alpha value is -1.59. The molecular formula is C9H14N2O4. The van der Waals surface area contributed by atoms with Gasteiger partial charge in [-0.25, -0.2) is 4.79 Å². The molecule has 0 spiro atoms. The number of amides is 2. The standard InChI is InChI=1S/C5H7NO3.C4H7NO/c7-4-2-1-3(6-4)5(8)9;6-4-2-1-3-5-4/h3H,1-2H2,(H,6,7)(H,8,9);1-3H2,(H,5,6)/t3-;/m0./s1. The lowest BCUT2D eigenvalue weighted by Crippen LogP contribution is -2.32. The van der Waals surface area contributed by atoms with E-state index in [2.05, 4.69) is 10.6 Å². The van der Waals surface area contributed by atoms with Crippen LogP contribution >= 0.6 is 0 Å². The zero-order valence-electron chi connectivity index (χ0n) is 8.28. The third kappa shape index (κ3) is 3.97. The van der Waals surface area contributed by atoms with Crippen LogP contribution in [0.5, 0.6) is 0 Å². The Kier molecular flexibility index (Phi) is 4.08. The number of aliphatic carboxylic acids is 1. The summed E-state index contributed by atoms with van der Waals surface area (Å²) < 4.78 is 0. The van der Waals surface area contributed by atoms with Gasteiger partial charge in [0.2, 0.25) is 11.8 Å². The molecule has 2 fully saturated rings. The Morgan fingerprint density at radius 1 is 1.27 bits per heavy atom. The number of carbonyl (C=O) groups excluding carboxylic acids is 2. The van der Waals surface area contributed by atoms with Crippen molar-refractivity contribution in [1.82, 2.24) is 10.6 Å². The van der Waals surface area contributed by atoms with E-state index < -0.39 is 12.0 Å². The van der Waals surface area contributed by atoms with Crippen LogP contribution in [0.3, 0.4) is 0 Å². The Morgan fingerprint density at radius 3 is 2.20 bits per heavy atom. The third-order valence-corrected chi connectivity index (χ3v) is 2.20. The highest BCUT2D eigenvalue weighted by Gasteiger charge is 2.26. The third-order valence-electron chi connectivity index (χ3n) is 2.20. The zero-order chi connectivity index (χ0) is 11.3. The molecule has 6 nitrogen and oxygen atoms in total. The predicted octanol–water partition coefficient (Wildman–Crippen LogP) is -0.754. The first-order valence-electron chi connectivity index (χ1n) is 4.88. The summed E-state index contributed by atoms with van der Waals surface area (Å²) >= 11 is 0. The van der Waals surface area contributed by atoms with Crippen molar-refractivity contribution in [3.63, 3.8) is 0 Å². The average Bonchev–Trinajstić information content (AvgIpc) is 2.77. The smallest absolute Gasteiger partial charge is 0.326 e. The fraction of sp³-hybridized carbons (Fsp3) is 0.667. The molecule has 0 aromatic heterocycles. The van der Waals surface area contributed by atoms with Gasteiger partial charge in [0.25, 0.3) is 0 Å². The maximum Gasteiger partial charge on any atom is 0.326 e. The van der Waals surface area contributed by atoms with Gasteiger partial charge >= 0.3 is 5.97 Å². The van der Waals surface area contributed by atoms with E-state index in [4.69, 9.17) is 5.11 Å². The van der Waals surface area contributed by atoms with Gasteiger partial charge in [0.15, 0.2) is 0 Å². The summed E-state index contributed by atoms with van der Waals surface area (Å²) in [5.41, 5.74) is 0. The van der Waals surface area contributed by atoms with Crippen molar-refractivity contribution in [2.75, 3.05) is 6.54 Å². The molecule has 2 saturated heterocycles. The largest absolute Gasteiger partial charge is 0.480 e. The lowest BCUT2D eigenvalue weighted by atomic mass is 10.2. The van der Waals surface area contributed by atoms with E-state index >= 15 is 0 Å². The number of rotatable bonds is 1. The minimum atomic E-state index is -0.944. The molecule has 2 aliphatic rings. The van der Waals surface area contributed by atoms with E-state index in [9.17, 15) is 14.4 Å². The van der Waals surface area contributed by atoms with Crippen molar-refractivity contribution >= 4 is 17.8 Å². The van der Waals surface area contributed by atoms with Crippen molar-refractivity contribution in [3.05, 3.63) is 0 Å². The quantitative estimate of drug-likeness (QED) is 0.535. The van der Waals surface area contributed by atoms with Crippen LogP contribution < -0.4 is 10.6 Å². The van der Waals surface area contributed by atoms with Crippen LogP contribution in [0.15, 0.2) is 0 Å². The molecule has 6 heteroatoms. The number of nitrogens with one attached hydrogen (secondary N) is 2. The number of hydrogen-bond donors (Lipinski definition) is 3. The Balaban J connectivity index is 0.000000162. The summed E-state index contributed by atoms with van der Waals surface area (Å²) in [7, 11) is 0. The van der Waals surface area contributed by atoms with E-state index in [-0.39, 0.29) is 11.8 Å². The minimum absolute atomic E-state index is 0.164. The first-order chi connectivity index (χ1) is 7.09. The lowest BCUT2D eigenvalue weighted by Gasteiger charge is -1.99. The topological polar surface area (TPSA) is 95.5 Å². The van der Waals surface area contributed by atoms with Crippen LogP contribution in [-0.2, 0) is 14.4 Å². The van der Waals surface area contributed by atoms with Gasteiger partial charge in [-0.05, 0) is 12.8 Å². The zero-order valence-corrected chi connectivity index (χ0v) is 8.28. The maximum atomic E-state index is 10.4. The van der Waals surface area contributed by atoms with Gasteiger partial charge in [0.05, 0.1) is 0 Å². The van der Waals surface area contributed by atoms with Crippen LogP contribution in [0.2, 0.25) is 0 Å². The number of carboxylic acid groups (broad SMARTS) is 1. The number of hydrogen-bond acceptors (Lipinski definition) is 3. The average molecular weight is 214 g/mol. The maximum absolute atomic E-state index is 10.4. The second kappa shape index (κ2) is 5.33. The molecule has 2 amide bonds. The molecule has 1 atom stereocenters. The van der Waals surface area contributed by atoms with E-state index in [1.807, 2.05) is 0 Å². The molecule has 0 unspecified atom stereocenters. The summed E-state index contributed by atoms with van der Waals surface area (Å²) in [5, 5.41) is 13.3. The van der Waals surface area contributed by atoms with E-state index in [1.54, 1.807) is 0 Å². The first kappa shape index (κ1) is 11.5. The summed E-state index contributed by atoms with van der Waals surface area (Å²) in [5.74, 6) is -0.904. The Morgan fingerprint density at radius 2 is 2.00 bits per heavy atom. The highest BCUT2D eigenvalue weighted by molar-refractivity contribution is 5.87. The molecule has 0 aliphatic carbocycles. The normalized spacial score (nSPS) is 23.9. The second-order valence-corrected chi connectivity index (χ2v) is 3.45. The highest BCUT2D eigenvalue weighted by atomic mass is 16.4. The lowest BCUT2D eigenvalue weighted by molar-refractivity contribution is -0.140. The highest BCUT2D eigenvalue weighted by Crippen LogP contribution is 2.05. The molecule has 2 aliphatic heterocycles. The van der Waals surface area contributed by atoms with E-state index in [0.29, 0.717) is 12.8 Å². The molecule has 15 heavy (non-hydrogen) atoms. The van der Waals surface area contributed by atoms with Crippen LogP contribution in [-0.4, -0.2) is 35.5 Å². The molecule has 2 rings (SSSR count). The molecule has 3 N–H and O–H groups in total. The number of carbonyl (C=O) groups is 3. The van der Waals surface area contributed by atoms with Crippen molar-refractivity contribution in [2.45, 2.75) is 31.7 Å². The Labute approximate surface area is 87.0 Å². The van der Waals surface area contributed by atoms with Gasteiger partial charge in [0, 0.05) is 19.4 Å². The second-order valence-electron chi connectivity index (χ2n) is 3.45. The molecule has 0 bridgehead atoms. The molecular weight excluding hydrogens is 200 g/mol. The van der Waals surface area contributed by atoms with Crippen molar-refractivity contribution in [3.8, 4) is 0 Å². The molecule has 0 saturated carbocycles. The van der Waals surface area contributed by atoms with Crippen LogP contribution in [0.4, 0.5) is 0 Å². The molecule has 0 aromatic rings. The fourth-order valence-electron chi connectivity index (χ4n) is 1.36. The van der Waals surface area contributed by atoms with Crippen LogP contribution in [0.1, 0.15) is 25.7 Å². The molecule has 0 aromatic carbocycles.